The number of rotatable bonds is 59. The first kappa shape index (κ1) is 81.1. The molecule has 0 saturated heterocycles. The summed E-state index contributed by atoms with van der Waals surface area (Å²) in [5.41, 5.74) is 0. The molecule has 0 heterocycles. The zero-order chi connectivity index (χ0) is 62.6. The highest BCUT2D eigenvalue weighted by molar-refractivity contribution is 7.47. The third-order valence-corrected chi connectivity index (χ3v) is 14.4. The number of esters is 2. The topological polar surface area (TPSA) is 108 Å². The number of carbonyl (C=O) groups is 2. The van der Waals surface area contributed by atoms with E-state index in [1.54, 1.807) is 0 Å². The fourth-order valence-electron chi connectivity index (χ4n) is 8.36. The molecular formula is C76H123NO8P+. The van der Waals surface area contributed by atoms with Gasteiger partial charge in [0.2, 0.25) is 0 Å². The molecule has 0 saturated carbocycles. The summed E-state index contributed by atoms with van der Waals surface area (Å²) in [7, 11) is 1.44. The molecule has 10 heteroatoms. The largest absolute Gasteiger partial charge is 0.472 e. The monoisotopic (exact) mass is 1210 g/mol. The molecule has 0 aromatic rings. The molecule has 0 aromatic heterocycles. The van der Waals surface area contributed by atoms with Crippen molar-refractivity contribution in [2.75, 3.05) is 47.5 Å². The molecule has 484 valence electrons. The van der Waals surface area contributed by atoms with Crippen molar-refractivity contribution >= 4 is 19.8 Å². The lowest BCUT2D eigenvalue weighted by Gasteiger charge is -2.24. The molecular weight excluding hydrogens is 1090 g/mol. The van der Waals surface area contributed by atoms with Gasteiger partial charge < -0.3 is 18.9 Å². The van der Waals surface area contributed by atoms with Crippen LogP contribution >= 0.6 is 7.82 Å². The summed E-state index contributed by atoms with van der Waals surface area (Å²) in [6.07, 6.45) is 99.7. The number of ether oxygens (including phenoxy) is 2. The van der Waals surface area contributed by atoms with Crippen LogP contribution in [-0.2, 0) is 32.7 Å². The fraction of sp³-hybridized carbons (Fsp3) is 0.579. The van der Waals surface area contributed by atoms with E-state index in [1.165, 1.54) is 44.9 Å². The minimum atomic E-state index is -4.41. The van der Waals surface area contributed by atoms with Gasteiger partial charge in [-0.15, -0.1) is 0 Å². The molecule has 1 N–H and O–H groups in total. The Labute approximate surface area is 527 Å². The van der Waals surface area contributed by atoms with Crippen molar-refractivity contribution < 1.29 is 42.1 Å². The van der Waals surface area contributed by atoms with Crippen molar-refractivity contribution in [2.45, 2.75) is 238 Å². The summed E-state index contributed by atoms with van der Waals surface area (Å²) in [6.45, 7) is 4.16. The molecule has 2 atom stereocenters. The van der Waals surface area contributed by atoms with Gasteiger partial charge in [0.1, 0.15) is 19.8 Å². The molecule has 0 aromatic carbocycles. The Morgan fingerprint density at radius 1 is 0.360 bits per heavy atom. The van der Waals surface area contributed by atoms with E-state index in [4.69, 9.17) is 18.5 Å². The Morgan fingerprint density at radius 3 is 0.930 bits per heavy atom. The van der Waals surface area contributed by atoms with Crippen LogP contribution in [0.2, 0.25) is 0 Å². The first-order valence-corrected chi connectivity index (χ1v) is 35.0. The van der Waals surface area contributed by atoms with Gasteiger partial charge in [-0.05, 0) is 135 Å². The minimum Gasteiger partial charge on any atom is -0.462 e. The van der Waals surface area contributed by atoms with E-state index in [-0.39, 0.29) is 32.0 Å². The van der Waals surface area contributed by atoms with Crippen LogP contribution in [0.5, 0.6) is 0 Å². The Morgan fingerprint density at radius 2 is 0.628 bits per heavy atom. The highest BCUT2D eigenvalue weighted by Gasteiger charge is 2.27. The molecule has 9 nitrogen and oxygen atoms in total. The van der Waals surface area contributed by atoms with Gasteiger partial charge in [-0.25, -0.2) is 4.57 Å². The van der Waals surface area contributed by atoms with E-state index in [1.807, 2.05) is 21.1 Å². The number of hydrogen-bond donors (Lipinski definition) is 1. The van der Waals surface area contributed by atoms with E-state index in [9.17, 15) is 19.0 Å². The lowest BCUT2D eigenvalue weighted by atomic mass is 10.1. The molecule has 0 spiro atoms. The quantitative estimate of drug-likeness (QED) is 0.0211. The number of hydrogen-bond acceptors (Lipinski definition) is 7. The second-order valence-electron chi connectivity index (χ2n) is 22.7. The number of unbranched alkanes of at least 4 members (excludes halogenated alkanes) is 15. The third-order valence-electron chi connectivity index (χ3n) is 13.4. The first-order chi connectivity index (χ1) is 42.0. The van der Waals surface area contributed by atoms with Crippen molar-refractivity contribution in [1.29, 1.82) is 0 Å². The van der Waals surface area contributed by atoms with E-state index >= 15 is 0 Å². The van der Waals surface area contributed by atoms with Crippen LogP contribution in [0.15, 0.2) is 182 Å². The van der Waals surface area contributed by atoms with Crippen LogP contribution in [0.3, 0.4) is 0 Å². The van der Waals surface area contributed by atoms with Crippen molar-refractivity contribution in [2.24, 2.45) is 0 Å². The van der Waals surface area contributed by atoms with Gasteiger partial charge in [0.05, 0.1) is 27.7 Å². The van der Waals surface area contributed by atoms with Crippen molar-refractivity contribution in [1.82, 2.24) is 0 Å². The molecule has 86 heavy (non-hydrogen) atoms. The number of phosphoric ester groups is 1. The predicted molar refractivity (Wildman–Crippen MR) is 371 cm³/mol. The van der Waals surface area contributed by atoms with Crippen LogP contribution in [-0.4, -0.2) is 74.9 Å². The summed E-state index contributed by atoms with van der Waals surface area (Å²) in [6, 6.07) is 0. The standard InChI is InChI=1S/C76H122NO8P/c1-6-8-10-12-14-16-18-20-22-24-26-28-30-31-32-33-34-35-36-37-38-39-40-41-42-43-44-45-47-49-51-53-55-57-59-61-63-65-67-69-76(79)85-74(73-84-86(80,81)83-71-70-77(3,4)5)72-82-75(78)68-66-64-62-60-58-56-54-52-50-48-46-29-27-25-23-21-19-17-15-13-11-9-7-2/h8-11,14-17,20-23,26-29,31-32,34-35,37-38,40-41,43-44,47-50,74H,6-7,12-13,18-19,24-25,30,33,36,39,42,45-46,51-73H2,1-5H3/p+1/b10-8-,11-9-,16-14-,17-15-,22-20-,23-21-,28-26-,29-27-,32-31-,35-34-,38-37-,41-40-,44-43-,49-47-,50-48-. The molecule has 0 aliphatic heterocycles. The second-order valence-corrected chi connectivity index (χ2v) is 24.2. The smallest absolute Gasteiger partial charge is 0.462 e. The van der Waals surface area contributed by atoms with E-state index < -0.39 is 26.5 Å². The lowest BCUT2D eigenvalue weighted by molar-refractivity contribution is -0.870. The zero-order valence-electron chi connectivity index (χ0n) is 55.0. The van der Waals surface area contributed by atoms with Gasteiger partial charge in [-0.3, -0.25) is 18.6 Å². The van der Waals surface area contributed by atoms with Gasteiger partial charge in [0, 0.05) is 12.8 Å². The van der Waals surface area contributed by atoms with Gasteiger partial charge in [0.25, 0.3) is 0 Å². The van der Waals surface area contributed by atoms with Crippen LogP contribution in [0.25, 0.3) is 0 Å². The predicted octanol–water partition coefficient (Wildman–Crippen LogP) is 21.9. The van der Waals surface area contributed by atoms with E-state index in [0.717, 1.165) is 148 Å². The summed E-state index contributed by atoms with van der Waals surface area (Å²) >= 11 is 0. The molecule has 0 aliphatic carbocycles. The molecule has 0 radical (unpaired) electrons. The van der Waals surface area contributed by atoms with Gasteiger partial charge in [-0.1, -0.05) is 267 Å². The molecule has 0 bridgehead atoms. The summed E-state index contributed by atoms with van der Waals surface area (Å²) in [4.78, 5) is 35.8. The van der Waals surface area contributed by atoms with E-state index in [0.29, 0.717) is 23.9 Å². The maximum Gasteiger partial charge on any atom is 0.472 e. The van der Waals surface area contributed by atoms with E-state index in [2.05, 4.69) is 196 Å². The van der Waals surface area contributed by atoms with Crippen LogP contribution in [0.1, 0.15) is 232 Å². The normalized spacial score (nSPS) is 14.3. The Balaban J connectivity index is 4.18. The highest BCUT2D eigenvalue weighted by atomic mass is 31.2. The molecule has 2 unspecified atom stereocenters. The summed E-state index contributed by atoms with van der Waals surface area (Å²) < 4.78 is 34.6. The average Bonchev–Trinajstić information content (AvgIpc) is 3.56. The number of carbonyl (C=O) groups excluding carboxylic acids is 2. The number of phosphoric acid groups is 1. The van der Waals surface area contributed by atoms with Gasteiger partial charge in [-0.2, -0.15) is 0 Å². The van der Waals surface area contributed by atoms with Crippen LogP contribution in [0.4, 0.5) is 0 Å². The zero-order valence-corrected chi connectivity index (χ0v) is 55.9. The maximum atomic E-state index is 12.9. The minimum absolute atomic E-state index is 0.0178. The first-order valence-electron chi connectivity index (χ1n) is 33.5. The average molecular weight is 1210 g/mol. The molecule has 0 aliphatic rings. The number of likely N-dealkylation sites (N-methyl/N-ethyl adjacent to an activating group) is 1. The third kappa shape index (κ3) is 68.2. The fourth-order valence-corrected chi connectivity index (χ4v) is 9.11. The van der Waals surface area contributed by atoms with Crippen molar-refractivity contribution in [3.63, 3.8) is 0 Å². The van der Waals surface area contributed by atoms with Gasteiger partial charge >= 0.3 is 19.8 Å². The second kappa shape index (κ2) is 64.6. The summed E-state index contributed by atoms with van der Waals surface area (Å²) in [5, 5.41) is 0. The van der Waals surface area contributed by atoms with Crippen molar-refractivity contribution in [3.8, 4) is 0 Å². The summed E-state index contributed by atoms with van der Waals surface area (Å²) in [5.74, 6) is -0.833. The maximum absolute atomic E-state index is 12.9. The Bertz CT molecular complexity index is 2100. The molecule has 0 amide bonds. The van der Waals surface area contributed by atoms with Gasteiger partial charge in [0.15, 0.2) is 6.10 Å². The van der Waals surface area contributed by atoms with Crippen LogP contribution in [0, 0.1) is 0 Å². The van der Waals surface area contributed by atoms with Crippen LogP contribution < -0.4 is 0 Å². The number of allylic oxidation sites excluding steroid dienone is 30. The van der Waals surface area contributed by atoms with Crippen molar-refractivity contribution in [3.05, 3.63) is 182 Å². The Hall–Kier alpha value is -4.89. The number of nitrogens with zero attached hydrogens (tertiary/aromatic N) is 1. The lowest BCUT2D eigenvalue weighted by Crippen LogP contribution is -2.37. The molecule has 0 fully saturated rings. The molecule has 0 rings (SSSR count). The highest BCUT2D eigenvalue weighted by Crippen LogP contribution is 2.43. The SMILES string of the molecule is CC/C=C\C/C=C\C/C=C\C/C=C\C/C=C\C/C=C\C/C=C\C/C=C\C/C=C\C/C=C\CCCCCCCCCCC(=O)OC(COC(=O)CCCCCCCCC/C=C\C/C=C\C/C=C\C/C=C\C/C=C\CC)COP(=O)(O)OCC[N+](C)(C)C. The Kier molecular flexibility index (Phi) is 60.9. The number of quaternary nitrogens is 1.